The normalized spacial score (nSPS) is 22.8. The molecule has 0 bridgehead atoms. The molecule has 4 rings (SSSR count). The molecule has 0 spiro atoms. The predicted molar refractivity (Wildman–Crippen MR) is 103 cm³/mol. The second-order valence-corrected chi connectivity index (χ2v) is 8.18. The van der Waals surface area contributed by atoms with E-state index >= 15 is 0 Å². The fourth-order valence-electron chi connectivity index (χ4n) is 4.43. The van der Waals surface area contributed by atoms with Gasteiger partial charge in [-0.1, -0.05) is 11.9 Å². The molecule has 0 saturated heterocycles. The number of fused-ring (bicyclic) bond motifs is 3. The number of nitrogens with one attached hydrogen (secondary N) is 1. The van der Waals surface area contributed by atoms with E-state index in [4.69, 9.17) is 28.6 Å². The monoisotopic (exact) mass is 496 g/mol. The van der Waals surface area contributed by atoms with Gasteiger partial charge in [-0.3, -0.25) is 9.18 Å². The van der Waals surface area contributed by atoms with Gasteiger partial charge in [-0.25, -0.2) is 0 Å². The van der Waals surface area contributed by atoms with Crippen molar-refractivity contribution in [2.45, 2.75) is 51.0 Å². The van der Waals surface area contributed by atoms with Gasteiger partial charge in [0.2, 0.25) is 0 Å². The quantitative estimate of drug-likeness (QED) is 0.358. The van der Waals surface area contributed by atoms with Crippen LogP contribution in [-0.4, -0.2) is 22.1 Å². The molecule has 147 valence electrons. The van der Waals surface area contributed by atoms with Crippen LogP contribution in [0.4, 0.5) is 4.39 Å². The fourth-order valence-corrected chi connectivity index (χ4v) is 4.88. The van der Waals surface area contributed by atoms with E-state index in [1.54, 1.807) is 0 Å². The van der Waals surface area contributed by atoms with Gasteiger partial charge in [0.25, 0.3) is 0 Å². The first-order valence-electron chi connectivity index (χ1n) is 9.27. The molecule has 1 saturated carbocycles. The molecule has 1 aliphatic heterocycles. The maximum absolute atomic E-state index is 14.5. The Hall–Kier alpha value is -0.556. The molecule has 2 aliphatic rings. The summed E-state index contributed by atoms with van der Waals surface area (Å²) < 4.78 is 22.3. The minimum Gasteiger partial charge on any atom is -0.466 e. The molecule has 8 heteroatoms. The third-order valence-corrected chi connectivity index (χ3v) is 6.41. The number of carbonyl (C=O) groups excluding carboxylic acids is 1. The van der Waals surface area contributed by atoms with Gasteiger partial charge in [0, 0.05) is 74.2 Å². The SMILES string of the molecule is CCOC(=O)C(CC)Cc1[nH]c(=S)n2c1[C@@H]1C[C@]1(c1[c-]c(Cl)ccc1F)C2.[Y]. The van der Waals surface area contributed by atoms with E-state index in [-0.39, 0.29) is 61.7 Å². The number of aromatic amines is 1. The topological polar surface area (TPSA) is 47.0 Å². The smallest absolute Gasteiger partial charge is 0.309 e. The number of nitrogens with zero attached hydrogens (tertiary/aromatic N) is 1. The van der Waals surface area contributed by atoms with Crippen LogP contribution in [0.3, 0.4) is 0 Å². The number of carbonyl (C=O) groups is 1. The number of hydrogen-bond acceptors (Lipinski definition) is 3. The number of esters is 1. The number of ether oxygens (including phenoxy) is 1. The van der Waals surface area contributed by atoms with Crippen LogP contribution in [0.5, 0.6) is 0 Å². The Labute approximate surface area is 199 Å². The number of hydrogen-bond donors (Lipinski definition) is 1. The molecule has 28 heavy (non-hydrogen) atoms. The second kappa shape index (κ2) is 8.29. The van der Waals surface area contributed by atoms with Crippen molar-refractivity contribution in [3.8, 4) is 0 Å². The largest absolute Gasteiger partial charge is 0.466 e. The van der Waals surface area contributed by atoms with Gasteiger partial charge in [0.15, 0.2) is 4.77 Å². The van der Waals surface area contributed by atoms with Gasteiger partial charge in [0.1, 0.15) is 0 Å². The molecule has 1 aromatic heterocycles. The molecule has 3 atom stereocenters. The standard InChI is InChI=1S/C20H21ClFN2O2S.Y/c1-3-11(18(25)26-4-2)7-16-17-14-9-20(14,10-24(17)19(27)23-16)13-8-12(21)5-6-15(13)22;/h5-6,11,14H,3-4,7,9-10H2,1-2H3,(H,23,27);/q-1;/t11?,14-,20+;/m0./s1. The third kappa shape index (κ3) is 3.55. The molecule has 1 aliphatic carbocycles. The van der Waals surface area contributed by atoms with Gasteiger partial charge in [-0.15, -0.1) is 29.3 Å². The van der Waals surface area contributed by atoms with Gasteiger partial charge in [0.05, 0.1) is 12.5 Å². The van der Waals surface area contributed by atoms with E-state index in [1.165, 1.54) is 12.1 Å². The molecule has 4 nitrogen and oxygen atoms in total. The molecule has 1 N–H and O–H groups in total. The first-order chi connectivity index (χ1) is 12.9. The second-order valence-electron chi connectivity index (χ2n) is 7.38. The Morgan fingerprint density at radius 1 is 1.54 bits per heavy atom. The maximum atomic E-state index is 14.5. The van der Waals surface area contributed by atoms with Crippen LogP contribution >= 0.6 is 23.8 Å². The third-order valence-electron chi connectivity index (χ3n) is 5.87. The molecule has 0 amide bonds. The predicted octanol–water partition coefficient (Wildman–Crippen LogP) is 4.71. The summed E-state index contributed by atoms with van der Waals surface area (Å²) >= 11 is 11.6. The number of H-pyrrole nitrogens is 1. The van der Waals surface area contributed by atoms with E-state index in [0.717, 1.165) is 17.8 Å². The van der Waals surface area contributed by atoms with Crippen LogP contribution < -0.4 is 0 Å². The van der Waals surface area contributed by atoms with Gasteiger partial charge in [-0.2, -0.15) is 6.07 Å². The summed E-state index contributed by atoms with van der Waals surface area (Å²) in [6.45, 7) is 4.77. The average Bonchev–Trinajstić information content (AvgIpc) is 3.13. The van der Waals surface area contributed by atoms with Gasteiger partial charge < -0.3 is 14.3 Å². The van der Waals surface area contributed by atoms with Crippen LogP contribution in [0.1, 0.15) is 49.6 Å². The van der Waals surface area contributed by atoms with Crippen LogP contribution in [0.15, 0.2) is 12.1 Å². The first kappa shape index (κ1) is 22.1. The summed E-state index contributed by atoms with van der Waals surface area (Å²) in [5.41, 5.74) is 2.27. The van der Waals surface area contributed by atoms with Crippen molar-refractivity contribution < 1.29 is 46.6 Å². The Bertz CT molecular complexity index is 976. The minimum absolute atomic E-state index is 0. The van der Waals surface area contributed by atoms with Crippen LogP contribution in [0, 0.1) is 22.6 Å². The summed E-state index contributed by atoms with van der Waals surface area (Å²) in [5, 5.41) is 0.418. The molecule has 1 unspecified atom stereocenters. The molecule has 2 aromatic rings. The van der Waals surface area contributed by atoms with E-state index in [1.807, 2.05) is 18.4 Å². The number of halogens is 2. The van der Waals surface area contributed by atoms with E-state index in [0.29, 0.717) is 41.4 Å². The average molecular weight is 497 g/mol. The number of benzene rings is 1. The van der Waals surface area contributed by atoms with Crippen LogP contribution in [0.2, 0.25) is 5.02 Å². The molecule has 1 fully saturated rings. The summed E-state index contributed by atoms with van der Waals surface area (Å²) in [6.07, 6.45) is 2.09. The van der Waals surface area contributed by atoms with Crippen molar-refractivity contribution in [3.63, 3.8) is 0 Å². The molecule has 1 radical (unpaired) electrons. The van der Waals surface area contributed by atoms with Gasteiger partial charge in [-0.05, 0) is 32.0 Å². The summed E-state index contributed by atoms with van der Waals surface area (Å²) in [4.78, 5) is 15.5. The van der Waals surface area contributed by atoms with Crippen molar-refractivity contribution in [1.82, 2.24) is 9.55 Å². The number of aromatic nitrogens is 2. The van der Waals surface area contributed by atoms with Crippen molar-refractivity contribution in [2.75, 3.05) is 6.61 Å². The summed E-state index contributed by atoms with van der Waals surface area (Å²) in [5.74, 6) is -0.508. The minimum atomic E-state index is -0.326. The van der Waals surface area contributed by atoms with Crippen molar-refractivity contribution >= 4 is 29.8 Å². The molecule has 1 aromatic carbocycles. The molecular weight excluding hydrogens is 476 g/mol. The molecule has 2 heterocycles. The Balaban J connectivity index is 0.00000225. The first-order valence-corrected chi connectivity index (χ1v) is 10.1. The van der Waals surface area contributed by atoms with Crippen molar-refractivity contribution in [1.29, 1.82) is 0 Å². The number of imidazole rings is 1. The van der Waals surface area contributed by atoms with Crippen LogP contribution in [0.25, 0.3) is 0 Å². The van der Waals surface area contributed by atoms with E-state index < -0.39 is 0 Å². The van der Waals surface area contributed by atoms with E-state index in [2.05, 4.69) is 11.1 Å². The molecular formula is C20H21ClFN2O2SY-. The van der Waals surface area contributed by atoms with Gasteiger partial charge >= 0.3 is 5.97 Å². The zero-order valence-corrected chi connectivity index (χ0v) is 20.3. The van der Waals surface area contributed by atoms with Crippen molar-refractivity contribution in [3.05, 3.63) is 50.8 Å². The van der Waals surface area contributed by atoms with Crippen molar-refractivity contribution in [2.24, 2.45) is 5.92 Å². The zero-order chi connectivity index (χ0) is 19.3. The summed E-state index contributed by atoms with van der Waals surface area (Å²) in [7, 11) is 0. The van der Waals surface area contributed by atoms with Crippen LogP contribution in [-0.2, 0) is 60.6 Å². The Morgan fingerprint density at radius 3 is 2.96 bits per heavy atom. The fraction of sp³-hybridized carbons (Fsp3) is 0.500. The Kier molecular flexibility index (Phi) is 6.55. The number of rotatable bonds is 6. The maximum Gasteiger partial charge on any atom is 0.309 e. The zero-order valence-electron chi connectivity index (χ0n) is 15.9. The Morgan fingerprint density at radius 2 is 2.29 bits per heavy atom. The summed E-state index contributed by atoms with van der Waals surface area (Å²) in [6, 6.07) is 5.93. The van der Waals surface area contributed by atoms with E-state index in [9.17, 15) is 9.18 Å².